The van der Waals surface area contributed by atoms with Crippen LogP contribution in [0.2, 0.25) is 0 Å². The van der Waals surface area contributed by atoms with Gasteiger partial charge in [-0.2, -0.15) is 0 Å². The minimum atomic E-state index is -3.61. The lowest BCUT2D eigenvalue weighted by Crippen LogP contribution is -2.40. The third-order valence-electron chi connectivity index (χ3n) is 4.26. The zero-order valence-corrected chi connectivity index (χ0v) is 18.5. The van der Waals surface area contributed by atoms with Gasteiger partial charge >= 0.3 is 5.97 Å². The number of carbonyl (C=O) groups is 3. The SMILES string of the molecule is Cc1cccc(C)c1NC(=O)CNC(=O)C(C)OC(=O)c1ccccc1NS(C)(=O)=O. The Balaban J connectivity index is 1.94. The molecule has 0 heterocycles. The van der Waals surface area contributed by atoms with E-state index in [1.54, 1.807) is 6.07 Å². The monoisotopic (exact) mass is 447 g/mol. The molecule has 2 rings (SSSR count). The Hall–Kier alpha value is -3.40. The fourth-order valence-electron chi connectivity index (χ4n) is 2.73. The molecule has 0 bridgehead atoms. The van der Waals surface area contributed by atoms with E-state index in [2.05, 4.69) is 15.4 Å². The van der Waals surface area contributed by atoms with Crippen LogP contribution >= 0.6 is 0 Å². The van der Waals surface area contributed by atoms with Crippen LogP contribution in [0.25, 0.3) is 0 Å². The molecular formula is C21H25N3O6S. The second-order valence-corrected chi connectivity index (χ2v) is 8.75. The molecule has 0 aromatic heterocycles. The highest BCUT2D eigenvalue weighted by molar-refractivity contribution is 7.92. The number of amides is 2. The van der Waals surface area contributed by atoms with Crippen LogP contribution in [-0.4, -0.2) is 45.1 Å². The van der Waals surface area contributed by atoms with Crippen LogP contribution in [0.4, 0.5) is 11.4 Å². The molecule has 2 aromatic carbocycles. The number of hydrogen-bond donors (Lipinski definition) is 3. The zero-order chi connectivity index (χ0) is 23.2. The molecule has 10 heteroatoms. The largest absolute Gasteiger partial charge is 0.449 e. The van der Waals surface area contributed by atoms with Gasteiger partial charge in [0.05, 0.1) is 24.1 Å². The number of ether oxygens (including phenoxy) is 1. The van der Waals surface area contributed by atoms with Gasteiger partial charge in [-0.15, -0.1) is 0 Å². The van der Waals surface area contributed by atoms with Crippen LogP contribution in [0.3, 0.4) is 0 Å². The Kier molecular flexibility index (Phi) is 7.76. The number of aryl methyl sites for hydroxylation is 2. The first-order valence-electron chi connectivity index (χ1n) is 9.39. The fraction of sp³-hybridized carbons (Fsp3) is 0.286. The van der Waals surface area contributed by atoms with E-state index in [1.807, 2.05) is 32.0 Å². The van der Waals surface area contributed by atoms with Crippen molar-refractivity contribution in [3.63, 3.8) is 0 Å². The van der Waals surface area contributed by atoms with Crippen molar-refractivity contribution >= 4 is 39.2 Å². The van der Waals surface area contributed by atoms with E-state index in [0.717, 1.165) is 17.4 Å². The maximum Gasteiger partial charge on any atom is 0.341 e. The van der Waals surface area contributed by atoms with Crippen molar-refractivity contribution in [3.8, 4) is 0 Å². The summed E-state index contributed by atoms with van der Waals surface area (Å²) in [7, 11) is -3.61. The van der Waals surface area contributed by atoms with Gasteiger partial charge in [0, 0.05) is 5.69 Å². The minimum absolute atomic E-state index is 0.0376. The maximum absolute atomic E-state index is 12.4. The number of rotatable bonds is 8. The first-order chi connectivity index (χ1) is 14.5. The molecule has 0 spiro atoms. The third kappa shape index (κ3) is 7.10. The summed E-state index contributed by atoms with van der Waals surface area (Å²) in [6, 6.07) is 11.5. The van der Waals surface area contributed by atoms with Crippen molar-refractivity contribution in [2.75, 3.05) is 22.8 Å². The molecule has 166 valence electrons. The lowest BCUT2D eigenvalue weighted by Gasteiger charge is -2.16. The zero-order valence-electron chi connectivity index (χ0n) is 17.7. The molecule has 1 atom stereocenters. The summed E-state index contributed by atoms with van der Waals surface area (Å²) in [5.74, 6) is -1.97. The van der Waals surface area contributed by atoms with Gasteiger partial charge in [-0.25, -0.2) is 13.2 Å². The predicted molar refractivity (Wildman–Crippen MR) is 117 cm³/mol. The van der Waals surface area contributed by atoms with Crippen LogP contribution in [0.1, 0.15) is 28.4 Å². The predicted octanol–water partition coefficient (Wildman–Crippen LogP) is 1.98. The average molecular weight is 448 g/mol. The quantitative estimate of drug-likeness (QED) is 0.531. The smallest absolute Gasteiger partial charge is 0.341 e. The van der Waals surface area contributed by atoms with Gasteiger partial charge in [0.25, 0.3) is 5.91 Å². The topological polar surface area (TPSA) is 131 Å². The Morgan fingerprint density at radius 2 is 1.61 bits per heavy atom. The van der Waals surface area contributed by atoms with E-state index in [1.165, 1.54) is 25.1 Å². The van der Waals surface area contributed by atoms with E-state index in [4.69, 9.17) is 4.74 Å². The fourth-order valence-corrected chi connectivity index (χ4v) is 3.31. The van der Waals surface area contributed by atoms with Crippen molar-refractivity contribution < 1.29 is 27.5 Å². The highest BCUT2D eigenvalue weighted by Crippen LogP contribution is 2.19. The Labute approximate surface area is 181 Å². The number of hydrogen-bond acceptors (Lipinski definition) is 6. The first kappa shape index (κ1) is 23.9. The van der Waals surface area contributed by atoms with E-state index < -0.39 is 33.9 Å². The molecule has 2 aromatic rings. The number of para-hydroxylation sites is 2. The Bertz CT molecular complexity index is 1080. The maximum atomic E-state index is 12.4. The summed E-state index contributed by atoms with van der Waals surface area (Å²) in [6.45, 7) is 4.77. The van der Waals surface area contributed by atoms with Crippen LogP contribution in [0, 0.1) is 13.8 Å². The number of benzene rings is 2. The van der Waals surface area contributed by atoms with E-state index in [-0.39, 0.29) is 17.8 Å². The summed E-state index contributed by atoms with van der Waals surface area (Å²) in [6.07, 6.45) is -0.249. The number of nitrogens with one attached hydrogen (secondary N) is 3. The molecule has 9 nitrogen and oxygen atoms in total. The Morgan fingerprint density at radius 3 is 2.23 bits per heavy atom. The molecule has 0 saturated carbocycles. The molecule has 0 aliphatic heterocycles. The molecule has 3 N–H and O–H groups in total. The van der Waals surface area contributed by atoms with Gasteiger partial charge in [0.2, 0.25) is 15.9 Å². The number of esters is 1. The van der Waals surface area contributed by atoms with Crippen LogP contribution < -0.4 is 15.4 Å². The van der Waals surface area contributed by atoms with E-state index in [0.29, 0.717) is 5.69 Å². The van der Waals surface area contributed by atoms with Crippen molar-refractivity contribution in [3.05, 3.63) is 59.2 Å². The number of sulfonamides is 1. The molecular weight excluding hydrogens is 422 g/mol. The molecule has 0 saturated heterocycles. The highest BCUT2D eigenvalue weighted by atomic mass is 32.2. The van der Waals surface area contributed by atoms with Gasteiger partial charge in [-0.3, -0.25) is 14.3 Å². The molecule has 2 amide bonds. The molecule has 0 aliphatic carbocycles. The third-order valence-corrected chi connectivity index (χ3v) is 4.85. The molecule has 0 radical (unpaired) electrons. The van der Waals surface area contributed by atoms with Crippen LogP contribution in [-0.2, 0) is 24.3 Å². The average Bonchev–Trinajstić information content (AvgIpc) is 2.68. The summed E-state index contributed by atoms with van der Waals surface area (Å²) in [5.41, 5.74) is 2.46. The number of anilines is 2. The highest BCUT2D eigenvalue weighted by Gasteiger charge is 2.22. The van der Waals surface area contributed by atoms with Crippen molar-refractivity contribution in [1.29, 1.82) is 0 Å². The minimum Gasteiger partial charge on any atom is -0.449 e. The van der Waals surface area contributed by atoms with E-state index >= 15 is 0 Å². The second kappa shape index (κ2) is 10.1. The van der Waals surface area contributed by atoms with Gasteiger partial charge in [-0.1, -0.05) is 30.3 Å². The molecule has 0 aliphatic rings. The van der Waals surface area contributed by atoms with E-state index in [9.17, 15) is 22.8 Å². The summed E-state index contributed by atoms with van der Waals surface area (Å²) in [4.78, 5) is 36.8. The lowest BCUT2D eigenvalue weighted by molar-refractivity contribution is -0.130. The van der Waals surface area contributed by atoms with Gasteiger partial charge in [-0.05, 0) is 44.0 Å². The molecule has 31 heavy (non-hydrogen) atoms. The number of carbonyl (C=O) groups excluding carboxylic acids is 3. The Morgan fingerprint density at radius 1 is 1.00 bits per heavy atom. The molecule has 1 unspecified atom stereocenters. The lowest BCUT2D eigenvalue weighted by atomic mass is 10.1. The summed E-state index contributed by atoms with van der Waals surface area (Å²) < 4.78 is 30.3. The van der Waals surface area contributed by atoms with Crippen molar-refractivity contribution in [2.24, 2.45) is 0 Å². The van der Waals surface area contributed by atoms with Gasteiger partial charge in [0.15, 0.2) is 6.10 Å². The first-order valence-corrected chi connectivity index (χ1v) is 11.3. The normalized spacial score (nSPS) is 11.9. The molecule has 0 fully saturated rings. The summed E-state index contributed by atoms with van der Waals surface area (Å²) >= 11 is 0. The van der Waals surface area contributed by atoms with Gasteiger partial charge < -0.3 is 15.4 Å². The van der Waals surface area contributed by atoms with Crippen LogP contribution in [0.15, 0.2) is 42.5 Å². The second-order valence-electron chi connectivity index (χ2n) is 7.00. The van der Waals surface area contributed by atoms with Crippen molar-refractivity contribution in [2.45, 2.75) is 26.9 Å². The summed E-state index contributed by atoms with van der Waals surface area (Å²) in [5, 5.41) is 5.15. The van der Waals surface area contributed by atoms with Crippen LogP contribution in [0.5, 0.6) is 0 Å². The van der Waals surface area contributed by atoms with Gasteiger partial charge in [0.1, 0.15) is 0 Å². The van der Waals surface area contributed by atoms with Crippen molar-refractivity contribution in [1.82, 2.24) is 5.32 Å². The standard InChI is InChI=1S/C21H25N3O6S/c1-13-8-7-9-14(2)19(13)23-18(25)12-22-20(26)15(3)30-21(27)16-10-5-6-11-17(16)24-31(4,28)29/h5-11,15,24H,12H2,1-4H3,(H,22,26)(H,23,25).